The molecular formula is C24H31ClN2O3. The first kappa shape index (κ1) is 23.7. The molecule has 2 rings (SSSR count). The molecule has 0 aromatic heterocycles. The second kappa shape index (κ2) is 11.6. The van der Waals surface area contributed by atoms with Crippen molar-refractivity contribution in [2.24, 2.45) is 5.92 Å². The molecule has 0 saturated heterocycles. The van der Waals surface area contributed by atoms with Crippen molar-refractivity contribution in [1.29, 1.82) is 0 Å². The summed E-state index contributed by atoms with van der Waals surface area (Å²) in [7, 11) is 1.61. The molecule has 162 valence electrons. The molecule has 0 aliphatic heterocycles. The van der Waals surface area contributed by atoms with Crippen LogP contribution < -0.4 is 10.1 Å². The second-order valence-electron chi connectivity index (χ2n) is 7.74. The van der Waals surface area contributed by atoms with Gasteiger partial charge in [0.2, 0.25) is 11.8 Å². The molecule has 0 radical (unpaired) electrons. The molecule has 2 aromatic carbocycles. The molecule has 2 aromatic rings. The number of amides is 2. The molecule has 1 N–H and O–H groups in total. The zero-order chi connectivity index (χ0) is 22.1. The molecule has 0 saturated carbocycles. The summed E-state index contributed by atoms with van der Waals surface area (Å²) in [6.07, 6.45) is 0.702. The Labute approximate surface area is 184 Å². The van der Waals surface area contributed by atoms with Gasteiger partial charge < -0.3 is 15.0 Å². The lowest BCUT2D eigenvalue weighted by molar-refractivity contribution is -0.141. The average Bonchev–Trinajstić information content (AvgIpc) is 2.72. The maximum Gasteiger partial charge on any atom is 0.242 e. The number of carbonyl (C=O) groups is 2. The molecule has 1 atom stereocenters. The van der Waals surface area contributed by atoms with E-state index in [2.05, 4.69) is 5.32 Å². The van der Waals surface area contributed by atoms with Crippen molar-refractivity contribution in [3.8, 4) is 5.75 Å². The van der Waals surface area contributed by atoms with E-state index in [-0.39, 0.29) is 18.2 Å². The van der Waals surface area contributed by atoms with Gasteiger partial charge in [-0.25, -0.2) is 0 Å². The predicted molar refractivity (Wildman–Crippen MR) is 121 cm³/mol. The third-order valence-corrected chi connectivity index (χ3v) is 5.04. The molecular weight excluding hydrogens is 400 g/mol. The van der Waals surface area contributed by atoms with Gasteiger partial charge in [0.1, 0.15) is 11.8 Å². The van der Waals surface area contributed by atoms with Gasteiger partial charge in [-0.15, -0.1) is 0 Å². The Morgan fingerprint density at radius 2 is 1.80 bits per heavy atom. The van der Waals surface area contributed by atoms with Crippen LogP contribution in [0.5, 0.6) is 5.75 Å². The van der Waals surface area contributed by atoms with Crippen LogP contribution in [-0.4, -0.2) is 36.4 Å². The molecule has 0 aliphatic rings. The van der Waals surface area contributed by atoms with Gasteiger partial charge in [-0.1, -0.05) is 56.6 Å². The van der Waals surface area contributed by atoms with Gasteiger partial charge >= 0.3 is 0 Å². The van der Waals surface area contributed by atoms with Gasteiger partial charge in [0, 0.05) is 18.1 Å². The number of carbonyl (C=O) groups excluding carboxylic acids is 2. The van der Waals surface area contributed by atoms with Crippen molar-refractivity contribution in [1.82, 2.24) is 10.2 Å². The highest BCUT2D eigenvalue weighted by Gasteiger charge is 2.28. The molecule has 30 heavy (non-hydrogen) atoms. The van der Waals surface area contributed by atoms with E-state index in [1.165, 1.54) is 0 Å². The minimum atomic E-state index is -0.554. The monoisotopic (exact) mass is 430 g/mol. The Bertz CT molecular complexity index is 854. The van der Waals surface area contributed by atoms with E-state index in [4.69, 9.17) is 16.3 Å². The number of ether oxygens (including phenoxy) is 1. The maximum atomic E-state index is 13.3. The van der Waals surface area contributed by atoms with Gasteiger partial charge in [-0.05, 0) is 47.7 Å². The van der Waals surface area contributed by atoms with Crippen LogP contribution in [0.3, 0.4) is 0 Å². The van der Waals surface area contributed by atoms with E-state index in [1.807, 2.05) is 57.2 Å². The number of nitrogens with one attached hydrogen (secondary N) is 1. The zero-order valence-electron chi connectivity index (χ0n) is 18.2. The van der Waals surface area contributed by atoms with E-state index in [1.54, 1.807) is 24.1 Å². The maximum absolute atomic E-state index is 13.3. The molecule has 0 unspecified atom stereocenters. The van der Waals surface area contributed by atoms with Crippen LogP contribution in [0.4, 0.5) is 0 Å². The second-order valence-corrected chi connectivity index (χ2v) is 8.18. The summed E-state index contributed by atoms with van der Waals surface area (Å²) < 4.78 is 5.31. The number of benzene rings is 2. The van der Waals surface area contributed by atoms with Crippen molar-refractivity contribution in [3.63, 3.8) is 0 Å². The molecule has 0 bridgehead atoms. The van der Waals surface area contributed by atoms with E-state index in [9.17, 15) is 9.59 Å². The number of halogens is 1. The highest BCUT2D eigenvalue weighted by molar-refractivity contribution is 6.30. The van der Waals surface area contributed by atoms with Crippen LogP contribution in [-0.2, 0) is 22.6 Å². The summed E-state index contributed by atoms with van der Waals surface area (Å²) in [5, 5.41) is 3.56. The predicted octanol–water partition coefficient (Wildman–Crippen LogP) is 4.47. The van der Waals surface area contributed by atoms with E-state index in [0.29, 0.717) is 36.2 Å². The third kappa shape index (κ3) is 7.06. The lowest BCUT2D eigenvalue weighted by Gasteiger charge is -2.31. The minimum Gasteiger partial charge on any atom is -0.497 e. The minimum absolute atomic E-state index is 0.119. The number of hydrogen-bond donors (Lipinski definition) is 1. The number of hydrogen-bond acceptors (Lipinski definition) is 3. The number of nitrogens with zero attached hydrogens (tertiary/aromatic N) is 1. The summed E-state index contributed by atoms with van der Waals surface area (Å²) in [6, 6.07) is 14.3. The van der Waals surface area contributed by atoms with Crippen LogP contribution in [0, 0.1) is 5.92 Å². The van der Waals surface area contributed by atoms with Crippen molar-refractivity contribution in [2.75, 3.05) is 13.7 Å². The first-order valence-corrected chi connectivity index (χ1v) is 10.7. The fraction of sp³-hybridized carbons (Fsp3) is 0.417. The normalized spacial score (nSPS) is 11.8. The summed E-state index contributed by atoms with van der Waals surface area (Å²) in [6.45, 7) is 6.90. The third-order valence-electron chi connectivity index (χ3n) is 4.80. The first-order valence-electron chi connectivity index (χ1n) is 10.3. The summed E-state index contributed by atoms with van der Waals surface area (Å²) in [4.78, 5) is 27.8. The van der Waals surface area contributed by atoms with Crippen molar-refractivity contribution < 1.29 is 14.3 Å². The van der Waals surface area contributed by atoms with Gasteiger partial charge in [-0.3, -0.25) is 9.59 Å². The SMILES string of the molecule is CC[C@@H](C(=O)NCC(C)C)N(Cc1cccc(OC)c1)C(=O)Cc1cccc(Cl)c1. The fourth-order valence-corrected chi connectivity index (χ4v) is 3.45. The van der Waals surface area contributed by atoms with Crippen molar-refractivity contribution in [3.05, 3.63) is 64.7 Å². The summed E-state index contributed by atoms with van der Waals surface area (Å²) in [5.41, 5.74) is 1.73. The molecule has 0 aliphatic carbocycles. The smallest absolute Gasteiger partial charge is 0.242 e. The van der Waals surface area contributed by atoms with E-state index < -0.39 is 6.04 Å². The Kier molecular flexibility index (Phi) is 9.18. The van der Waals surface area contributed by atoms with E-state index >= 15 is 0 Å². The van der Waals surface area contributed by atoms with E-state index in [0.717, 1.165) is 11.1 Å². The highest BCUT2D eigenvalue weighted by atomic mass is 35.5. The van der Waals surface area contributed by atoms with Crippen molar-refractivity contribution >= 4 is 23.4 Å². The van der Waals surface area contributed by atoms with Crippen molar-refractivity contribution in [2.45, 2.75) is 46.2 Å². The van der Waals surface area contributed by atoms with Gasteiger partial charge in [0.15, 0.2) is 0 Å². The molecule has 0 fully saturated rings. The molecule has 6 heteroatoms. The van der Waals surface area contributed by atoms with Crippen LogP contribution in [0.1, 0.15) is 38.3 Å². The Hall–Kier alpha value is -2.53. The van der Waals surface area contributed by atoms with Gasteiger partial charge in [-0.2, -0.15) is 0 Å². The Morgan fingerprint density at radius 3 is 2.43 bits per heavy atom. The number of rotatable bonds is 10. The van der Waals surface area contributed by atoms with Crippen LogP contribution >= 0.6 is 11.6 Å². The topological polar surface area (TPSA) is 58.6 Å². The lowest BCUT2D eigenvalue weighted by Crippen LogP contribution is -2.50. The Balaban J connectivity index is 2.29. The molecule has 5 nitrogen and oxygen atoms in total. The molecule has 2 amide bonds. The van der Waals surface area contributed by atoms with Crippen LogP contribution in [0.2, 0.25) is 5.02 Å². The Morgan fingerprint density at radius 1 is 1.10 bits per heavy atom. The fourth-order valence-electron chi connectivity index (χ4n) is 3.23. The highest BCUT2D eigenvalue weighted by Crippen LogP contribution is 2.19. The average molecular weight is 431 g/mol. The summed E-state index contributed by atoms with van der Waals surface area (Å²) >= 11 is 6.08. The van der Waals surface area contributed by atoms with Gasteiger partial charge in [0.25, 0.3) is 0 Å². The summed E-state index contributed by atoms with van der Waals surface area (Å²) in [5.74, 6) is 0.799. The zero-order valence-corrected chi connectivity index (χ0v) is 18.9. The largest absolute Gasteiger partial charge is 0.497 e. The molecule has 0 spiro atoms. The quantitative estimate of drug-likeness (QED) is 0.605. The standard InChI is InChI=1S/C24H31ClN2O3/c1-5-22(24(29)26-15-17(2)3)27(16-19-9-7-11-21(13-19)30-4)23(28)14-18-8-6-10-20(25)12-18/h6-13,17,22H,5,14-16H2,1-4H3,(H,26,29)/t22-/m0/s1. The molecule has 0 heterocycles. The number of methoxy groups -OCH3 is 1. The first-order chi connectivity index (χ1) is 14.3. The van der Waals surface area contributed by atoms with Gasteiger partial charge in [0.05, 0.1) is 13.5 Å². The van der Waals surface area contributed by atoms with Crippen LogP contribution in [0.15, 0.2) is 48.5 Å². The lowest BCUT2D eigenvalue weighted by atomic mass is 10.1. The van der Waals surface area contributed by atoms with Crippen LogP contribution in [0.25, 0.3) is 0 Å².